The average molecular weight is 473 g/mol. The Morgan fingerprint density at radius 3 is 2.50 bits per heavy atom. The number of ether oxygens (including phenoxy) is 2. The van der Waals surface area contributed by atoms with Gasteiger partial charge in [-0.1, -0.05) is 0 Å². The molecule has 2 heterocycles. The first-order valence-electron chi connectivity index (χ1n) is 9.71. The first-order valence-corrected chi connectivity index (χ1v) is 11.5. The molecule has 2 aliphatic rings. The number of hydrogen-bond acceptors (Lipinski definition) is 8. The van der Waals surface area contributed by atoms with Crippen LogP contribution in [0.5, 0.6) is 5.75 Å². The number of halogens is 2. The Hall–Kier alpha value is -3.09. The van der Waals surface area contributed by atoms with E-state index in [0.717, 1.165) is 5.01 Å². The summed E-state index contributed by atoms with van der Waals surface area (Å²) in [5.74, 6) is -2.30. The number of sulfone groups is 1. The largest absolute Gasteiger partial charge is 0.448 e. The van der Waals surface area contributed by atoms with Crippen LogP contribution in [0.25, 0.3) is 0 Å². The normalized spacial score (nSPS) is 21.1. The highest BCUT2D eigenvalue weighted by molar-refractivity contribution is 7.91. The van der Waals surface area contributed by atoms with E-state index in [1.807, 2.05) is 0 Å². The molecule has 1 saturated heterocycles. The zero-order valence-electron chi connectivity index (χ0n) is 17.0. The molecule has 13 heteroatoms. The summed E-state index contributed by atoms with van der Waals surface area (Å²) >= 11 is 0. The van der Waals surface area contributed by atoms with Crippen LogP contribution in [0, 0.1) is 0 Å². The lowest BCUT2D eigenvalue weighted by molar-refractivity contribution is -0.147. The van der Waals surface area contributed by atoms with Gasteiger partial charge in [-0.2, -0.15) is 13.9 Å². The van der Waals surface area contributed by atoms with Gasteiger partial charge in [-0.25, -0.2) is 18.2 Å². The van der Waals surface area contributed by atoms with Crippen molar-refractivity contribution >= 4 is 39.0 Å². The predicted octanol–water partition coefficient (Wildman–Crippen LogP) is 1.32. The fourth-order valence-corrected chi connectivity index (χ4v) is 4.91. The minimum Gasteiger partial charge on any atom is -0.448 e. The summed E-state index contributed by atoms with van der Waals surface area (Å²) in [6.45, 7) is -1.64. The minimum absolute atomic E-state index is 0.00751. The molecule has 32 heavy (non-hydrogen) atoms. The van der Waals surface area contributed by atoms with E-state index in [0.29, 0.717) is 0 Å². The van der Waals surface area contributed by atoms with Crippen LogP contribution < -0.4 is 10.1 Å². The van der Waals surface area contributed by atoms with Gasteiger partial charge in [-0.05, 0) is 37.6 Å². The summed E-state index contributed by atoms with van der Waals surface area (Å²) in [5, 5.41) is 7.49. The molecule has 2 atom stereocenters. The maximum atomic E-state index is 12.4. The first kappa shape index (κ1) is 23.6. The standard InChI is InChI=1S/C19H21F2N3O7S/c1-11(17(26)22-12-2-4-14(5-3-12)31-19(20)21)30-18(27)15-6-7-16(25)24(23-15)13-8-9-32(28,29)10-13/h2-5,11,13,19H,6-10H2,1H3,(H,22,26)/t11-,13-/m0/s1. The number of carbonyl (C=O) groups excluding carboxylic acids is 3. The summed E-state index contributed by atoms with van der Waals surface area (Å²) in [5.41, 5.74) is 0.191. The number of esters is 1. The number of carbonyl (C=O) groups is 3. The summed E-state index contributed by atoms with van der Waals surface area (Å²) in [6.07, 6.45) is -1.01. The predicted molar refractivity (Wildman–Crippen MR) is 108 cm³/mol. The van der Waals surface area contributed by atoms with Gasteiger partial charge in [0.2, 0.25) is 5.91 Å². The second kappa shape index (κ2) is 9.59. The van der Waals surface area contributed by atoms with Crippen molar-refractivity contribution in [1.29, 1.82) is 0 Å². The summed E-state index contributed by atoms with van der Waals surface area (Å²) in [7, 11) is -3.25. The van der Waals surface area contributed by atoms with Crippen LogP contribution in [0.15, 0.2) is 29.4 Å². The van der Waals surface area contributed by atoms with Gasteiger partial charge in [0.15, 0.2) is 15.9 Å². The van der Waals surface area contributed by atoms with Gasteiger partial charge in [0, 0.05) is 18.5 Å². The maximum Gasteiger partial charge on any atom is 0.387 e. The van der Waals surface area contributed by atoms with Crippen molar-refractivity contribution in [3.63, 3.8) is 0 Å². The van der Waals surface area contributed by atoms with Crippen LogP contribution in [0.4, 0.5) is 14.5 Å². The Bertz CT molecular complexity index is 1030. The number of hydrazone groups is 1. The molecule has 0 spiro atoms. The van der Waals surface area contributed by atoms with Crippen LogP contribution in [0.2, 0.25) is 0 Å². The quantitative estimate of drug-likeness (QED) is 0.591. The number of amides is 2. The first-order chi connectivity index (χ1) is 15.0. The van der Waals surface area contributed by atoms with E-state index in [-0.39, 0.29) is 53.8 Å². The van der Waals surface area contributed by atoms with Crippen LogP contribution >= 0.6 is 0 Å². The molecular formula is C19H21F2N3O7S. The third kappa shape index (κ3) is 5.99. The number of alkyl halides is 2. The smallest absolute Gasteiger partial charge is 0.387 e. The fraction of sp³-hybridized carbons (Fsp3) is 0.474. The number of nitrogens with zero attached hydrogens (tertiary/aromatic N) is 2. The van der Waals surface area contributed by atoms with Crippen molar-refractivity contribution in [3.8, 4) is 5.75 Å². The van der Waals surface area contributed by atoms with E-state index in [9.17, 15) is 31.6 Å². The van der Waals surface area contributed by atoms with Crippen molar-refractivity contribution in [3.05, 3.63) is 24.3 Å². The molecule has 1 N–H and O–H groups in total. The van der Waals surface area contributed by atoms with Gasteiger partial charge in [-0.15, -0.1) is 0 Å². The van der Waals surface area contributed by atoms with Crippen LogP contribution in [-0.4, -0.2) is 67.2 Å². The summed E-state index contributed by atoms with van der Waals surface area (Å²) in [4.78, 5) is 36.8. The van der Waals surface area contributed by atoms with Crippen molar-refractivity contribution in [2.45, 2.75) is 44.9 Å². The van der Waals surface area contributed by atoms with Gasteiger partial charge in [0.05, 0.1) is 17.5 Å². The third-order valence-corrected chi connectivity index (χ3v) is 6.60. The molecule has 1 fully saturated rings. The summed E-state index contributed by atoms with van der Waals surface area (Å²) < 4.78 is 57.1. The number of hydrogen-bond donors (Lipinski definition) is 1. The van der Waals surface area contributed by atoms with Gasteiger partial charge >= 0.3 is 12.6 Å². The maximum absolute atomic E-state index is 12.4. The van der Waals surface area contributed by atoms with E-state index < -0.39 is 40.5 Å². The van der Waals surface area contributed by atoms with E-state index in [4.69, 9.17) is 4.74 Å². The van der Waals surface area contributed by atoms with Gasteiger partial charge in [0.1, 0.15) is 11.5 Å². The Morgan fingerprint density at radius 2 is 1.91 bits per heavy atom. The molecule has 0 aliphatic carbocycles. The number of benzene rings is 1. The van der Waals surface area contributed by atoms with Crippen molar-refractivity contribution in [2.75, 3.05) is 16.8 Å². The monoisotopic (exact) mass is 473 g/mol. The van der Waals surface area contributed by atoms with Gasteiger partial charge < -0.3 is 14.8 Å². The lowest BCUT2D eigenvalue weighted by Crippen LogP contribution is -2.42. The van der Waals surface area contributed by atoms with E-state index >= 15 is 0 Å². The molecular weight excluding hydrogens is 452 g/mol. The van der Waals surface area contributed by atoms with Gasteiger partial charge in [0.25, 0.3) is 5.91 Å². The van der Waals surface area contributed by atoms with Crippen LogP contribution in [0.3, 0.4) is 0 Å². The molecule has 3 rings (SSSR count). The summed E-state index contributed by atoms with van der Waals surface area (Å²) in [6, 6.07) is 4.53. The van der Waals surface area contributed by atoms with E-state index in [1.54, 1.807) is 0 Å². The third-order valence-electron chi connectivity index (χ3n) is 4.85. The highest BCUT2D eigenvalue weighted by Gasteiger charge is 2.37. The Morgan fingerprint density at radius 1 is 1.22 bits per heavy atom. The SMILES string of the molecule is C[C@H](OC(=O)C1=NN([C@H]2CCS(=O)(=O)C2)C(=O)CC1)C(=O)Nc1ccc(OC(F)F)cc1. The lowest BCUT2D eigenvalue weighted by atomic mass is 10.1. The van der Waals surface area contributed by atoms with Crippen molar-refractivity contribution in [2.24, 2.45) is 5.10 Å². The molecule has 0 radical (unpaired) electrons. The highest BCUT2D eigenvalue weighted by Crippen LogP contribution is 2.23. The van der Waals surface area contributed by atoms with Gasteiger partial charge in [-0.3, -0.25) is 9.59 Å². The molecule has 0 saturated carbocycles. The second-order valence-corrected chi connectivity index (χ2v) is 9.51. The topological polar surface area (TPSA) is 131 Å². The molecule has 2 amide bonds. The molecule has 2 aliphatic heterocycles. The van der Waals surface area contributed by atoms with Crippen molar-refractivity contribution < 1.29 is 41.1 Å². The number of rotatable bonds is 7. The highest BCUT2D eigenvalue weighted by atomic mass is 32.2. The molecule has 1 aromatic carbocycles. The minimum atomic E-state index is -3.25. The molecule has 0 aromatic heterocycles. The molecule has 174 valence electrons. The van der Waals surface area contributed by atoms with Crippen LogP contribution in [0.1, 0.15) is 26.2 Å². The van der Waals surface area contributed by atoms with E-state index in [2.05, 4.69) is 15.2 Å². The zero-order chi connectivity index (χ0) is 23.5. The number of nitrogens with one attached hydrogen (secondary N) is 1. The van der Waals surface area contributed by atoms with E-state index in [1.165, 1.54) is 31.2 Å². The molecule has 0 bridgehead atoms. The Kier molecular flexibility index (Phi) is 7.06. The van der Waals surface area contributed by atoms with Crippen molar-refractivity contribution in [1.82, 2.24) is 5.01 Å². The second-order valence-electron chi connectivity index (χ2n) is 7.28. The Labute approximate surface area is 182 Å². The Balaban J connectivity index is 1.58. The number of anilines is 1. The molecule has 1 aromatic rings. The molecule has 10 nitrogen and oxygen atoms in total. The zero-order valence-corrected chi connectivity index (χ0v) is 17.8. The average Bonchev–Trinajstić information content (AvgIpc) is 3.08. The van der Waals surface area contributed by atoms with Crippen LogP contribution in [-0.2, 0) is 29.0 Å². The molecule has 0 unspecified atom stereocenters. The fourth-order valence-electron chi connectivity index (χ4n) is 3.22. The lowest BCUT2D eigenvalue weighted by Gasteiger charge is -2.27.